The number of imidazole rings is 1. The number of benzene rings is 1. The van der Waals surface area contributed by atoms with E-state index in [2.05, 4.69) is 10.3 Å². The van der Waals surface area contributed by atoms with E-state index in [0.29, 0.717) is 25.4 Å². The molecule has 1 amide bonds. The van der Waals surface area contributed by atoms with Gasteiger partial charge in [0.2, 0.25) is 5.91 Å². The molecule has 0 radical (unpaired) electrons. The standard InChI is InChI=1S/C15H20ClN3O2/c1-3-7-17-15(20)6-8-19-13-9-11(21-2)4-5-12(13)18-14(19)10-16/h4-5,9H,3,6-8,10H2,1-2H3,(H,17,20). The summed E-state index contributed by atoms with van der Waals surface area (Å²) >= 11 is 5.96. The summed E-state index contributed by atoms with van der Waals surface area (Å²) in [4.78, 5) is 16.2. The second-order valence-electron chi connectivity index (χ2n) is 4.77. The molecule has 1 aromatic heterocycles. The summed E-state index contributed by atoms with van der Waals surface area (Å²) in [5.41, 5.74) is 1.80. The van der Waals surface area contributed by atoms with Crippen molar-refractivity contribution in [2.45, 2.75) is 32.2 Å². The Morgan fingerprint density at radius 3 is 2.95 bits per heavy atom. The minimum atomic E-state index is 0.0436. The Morgan fingerprint density at radius 1 is 1.48 bits per heavy atom. The number of alkyl halides is 1. The first kappa shape index (κ1) is 15.6. The Bertz CT molecular complexity index is 625. The molecule has 0 fully saturated rings. The predicted molar refractivity (Wildman–Crippen MR) is 83.8 cm³/mol. The molecule has 114 valence electrons. The zero-order chi connectivity index (χ0) is 15.2. The number of hydrogen-bond acceptors (Lipinski definition) is 3. The van der Waals surface area contributed by atoms with Gasteiger partial charge in [-0.1, -0.05) is 6.92 Å². The third kappa shape index (κ3) is 3.67. The van der Waals surface area contributed by atoms with Crippen molar-refractivity contribution in [2.75, 3.05) is 13.7 Å². The number of amides is 1. The van der Waals surface area contributed by atoms with Crippen molar-refractivity contribution in [1.82, 2.24) is 14.9 Å². The van der Waals surface area contributed by atoms with Gasteiger partial charge in [-0.25, -0.2) is 4.98 Å². The number of fused-ring (bicyclic) bond motifs is 1. The average Bonchev–Trinajstić information content (AvgIpc) is 2.87. The van der Waals surface area contributed by atoms with E-state index in [9.17, 15) is 4.79 Å². The van der Waals surface area contributed by atoms with Crippen molar-refractivity contribution >= 4 is 28.5 Å². The summed E-state index contributed by atoms with van der Waals surface area (Å²) in [6.45, 7) is 3.29. The van der Waals surface area contributed by atoms with Crippen LogP contribution in [-0.4, -0.2) is 29.1 Å². The fraction of sp³-hybridized carbons (Fsp3) is 0.467. The van der Waals surface area contributed by atoms with Crippen LogP contribution in [0.15, 0.2) is 18.2 Å². The lowest BCUT2D eigenvalue weighted by Gasteiger charge is -2.08. The van der Waals surface area contributed by atoms with Crippen LogP contribution in [0.3, 0.4) is 0 Å². The molecule has 0 saturated heterocycles. The summed E-state index contributed by atoms with van der Waals surface area (Å²) in [5.74, 6) is 1.89. The van der Waals surface area contributed by atoms with E-state index in [4.69, 9.17) is 16.3 Å². The number of carbonyl (C=O) groups excluding carboxylic acids is 1. The van der Waals surface area contributed by atoms with E-state index in [-0.39, 0.29) is 5.91 Å². The van der Waals surface area contributed by atoms with Crippen LogP contribution in [0.4, 0.5) is 0 Å². The molecular weight excluding hydrogens is 290 g/mol. The van der Waals surface area contributed by atoms with Crippen molar-refractivity contribution in [3.63, 3.8) is 0 Å². The molecular formula is C15H20ClN3O2. The highest BCUT2D eigenvalue weighted by atomic mass is 35.5. The number of carbonyl (C=O) groups is 1. The first-order valence-corrected chi connectivity index (χ1v) is 7.58. The highest BCUT2D eigenvalue weighted by molar-refractivity contribution is 6.16. The first-order chi connectivity index (χ1) is 10.2. The number of rotatable bonds is 7. The zero-order valence-corrected chi connectivity index (χ0v) is 13.1. The van der Waals surface area contributed by atoms with Gasteiger partial charge < -0.3 is 14.6 Å². The second kappa shape index (κ2) is 7.31. The van der Waals surface area contributed by atoms with E-state index in [1.807, 2.05) is 29.7 Å². The Kier molecular flexibility index (Phi) is 5.44. The molecule has 0 spiro atoms. The molecule has 21 heavy (non-hydrogen) atoms. The molecule has 1 N–H and O–H groups in total. The van der Waals surface area contributed by atoms with Crippen LogP contribution in [0.5, 0.6) is 5.75 Å². The summed E-state index contributed by atoms with van der Waals surface area (Å²) in [5, 5.41) is 2.87. The number of aryl methyl sites for hydroxylation is 1. The summed E-state index contributed by atoms with van der Waals surface area (Å²) in [6, 6.07) is 5.69. The number of hydrogen-bond donors (Lipinski definition) is 1. The lowest BCUT2D eigenvalue weighted by atomic mass is 10.3. The fourth-order valence-electron chi connectivity index (χ4n) is 2.20. The maximum atomic E-state index is 11.8. The molecule has 0 unspecified atom stereocenters. The van der Waals surface area contributed by atoms with Crippen LogP contribution in [0.1, 0.15) is 25.6 Å². The molecule has 0 aliphatic heterocycles. The highest BCUT2D eigenvalue weighted by Gasteiger charge is 2.12. The Labute approximate surface area is 129 Å². The molecule has 0 aliphatic rings. The monoisotopic (exact) mass is 309 g/mol. The lowest BCUT2D eigenvalue weighted by Crippen LogP contribution is -2.25. The quantitative estimate of drug-likeness (QED) is 0.800. The van der Waals surface area contributed by atoms with Crippen LogP contribution < -0.4 is 10.1 Å². The Morgan fingerprint density at radius 2 is 2.29 bits per heavy atom. The van der Waals surface area contributed by atoms with Crippen molar-refractivity contribution < 1.29 is 9.53 Å². The second-order valence-corrected chi connectivity index (χ2v) is 5.04. The third-order valence-corrected chi connectivity index (χ3v) is 3.53. The molecule has 0 bridgehead atoms. The number of nitrogens with zero attached hydrogens (tertiary/aromatic N) is 2. The van der Waals surface area contributed by atoms with E-state index in [1.54, 1.807) is 7.11 Å². The van der Waals surface area contributed by atoms with E-state index in [0.717, 1.165) is 29.0 Å². The van der Waals surface area contributed by atoms with Crippen LogP contribution >= 0.6 is 11.6 Å². The van der Waals surface area contributed by atoms with Gasteiger partial charge in [0.25, 0.3) is 0 Å². The van der Waals surface area contributed by atoms with E-state index >= 15 is 0 Å². The van der Waals surface area contributed by atoms with Gasteiger partial charge >= 0.3 is 0 Å². The molecule has 0 atom stereocenters. The largest absolute Gasteiger partial charge is 0.497 e. The number of halogens is 1. The number of nitrogens with one attached hydrogen (secondary N) is 1. The van der Waals surface area contributed by atoms with Gasteiger partial charge in [-0.15, -0.1) is 11.6 Å². The van der Waals surface area contributed by atoms with Crippen LogP contribution in [0, 0.1) is 0 Å². The summed E-state index contributed by atoms with van der Waals surface area (Å²) < 4.78 is 7.23. The number of aromatic nitrogens is 2. The lowest BCUT2D eigenvalue weighted by molar-refractivity contribution is -0.121. The average molecular weight is 310 g/mol. The maximum Gasteiger partial charge on any atom is 0.221 e. The third-order valence-electron chi connectivity index (χ3n) is 3.29. The van der Waals surface area contributed by atoms with Crippen LogP contribution in [0.25, 0.3) is 11.0 Å². The Balaban J connectivity index is 2.22. The van der Waals surface area contributed by atoms with Crippen molar-refractivity contribution in [3.8, 4) is 5.75 Å². The molecule has 0 saturated carbocycles. The number of methoxy groups -OCH3 is 1. The maximum absolute atomic E-state index is 11.8. The SMILES string of the molecule is CCCNC(=O)CCn1c(CCl)nc2ccc(OC)cc21. The fourth-order valence-corrected chi connectivity index (χ4v) is 2.40. The first-order valence-electron chi connectivity index (χ1n) is 7.05. The van der Waals surface area contributed by atoms with E-state index < -0.39 is 0 Å². The Hall–Kier alpha value is -1.75. The highest BCUT2D eigenvalue weighted by Crippen LogP contribution is 2.23. The normalized spacial score (nSPS) is 10.8. The molecule has 5 nitrogen and oxygen atoms in total. The van der Waals surface area contributed by atoms with Gasteiger partial charge in [0.05, 0.1) is 24.0 Å². The summed E-state index contributed by atoms with van der Waals surface area (Å²) in [7, 11) is 1.63. The van der Waals surface area contributed by atoms with Crippen molar-refractivity contribution in [2.24, 2.45) is 0 Å². The topological polar surface area (TPSA) is 56.2 Å². The van der Waals surface area contributed by atoms with E-state index in [1.165, 1.54) is 0 Å². The molecule has 2 rings (SSSR count). The zero-order valence-electron chi connectivity index (χ0n) is 12.4. The van der Waals surface area contributed by atoms with Gasteiger partial charge in [-0.2, -0.15) is 0 Å². The van der Waals surface area contributed by atoms with Gasteiger partial charge in [0.1, 0.15) is 11.6 Å². The smallest absolute Gasteiger partial charge is 0.221 e. The van der Waals surface area contributed by atoms with Gasteiger partial charge in [0, 0.05) is 25.6 Å². The number of ether oxygens (including phenoxy) is 1. The minimum absolute atomic E-state index is 0.0436. The molecule has 1 aromatic carbocycles. The van der Waals surface area contributed by atoms with Gasteiger partial charge in [-0.3, -0.25) is 4.79 Å². The van der Waals surface area contributed by atoms with Gasteiger partial charge in [0.15, 0.2) is 0 Å². The van der Waals surface area contributed by atoms with Crippen molar-refractivity contribution in [3.05, 3.63) is 24.0 Å². The molecule has 2 aromatic rings. The predicted octanol–water partition coefficient (Wildman–Crippen LogP) is 2.70. The summed E-state index contributed by atoms with van der Waals surface area (Å²) in [6.07, 6.45) is 1.34. The molecule has 6 heteroatoms. The molecule has 0 aliphatic carbocycles. The van der Waals surface area contributed by atoms with Crippen LogP contribution in [0.2, 0.25) is 0 Å². The van der Waals surface area contributed by atoms with Gasteiger partial charge in [-0.05, 0) is 18.6 Å². The minimum Gasteiger partial charge on any atom is -0.497 e. The molecule has 1 heterocycles. The van der Waals surface area contributed by atoms with Crippen LogP contribution in [-0.2, 0) is 17.2 Å². The van der Waals surface area contributed by atoms with Crippen molar-refractivity contribution in [1.29, 1.82) is 0 Å².